The van der Waals surface area contributed by atoms with Gasteiger partial charge in [0.2, 0.25) is 0 Å². The molecule has 1 saturated heterocycles. The molecule has 3 heterocycles. The fraction of sp³-hybridized carbons (Fsp3) is 0.387. The monoisotopic (exact) mass is 516 g/mol. The number of aryl methyl sites for hydroxylation is 1. The average molecular weight is 517 g/mol. The summed E-state index contributed by atoms with van der Waals surface area (Å²) in [6.45, 7) is 10.5. The van der Waals surface area contributed by atoms with E-state index in [9.17, 15) is 8.42 Å². The van der Waals surface area contributed by atoms with Crippen LogP contribution in [0.5, 0.6) is 5.75 Å². The SMILES string of the molecule is C=CC(C)(C)N1CCC2(CCc3cc(-c4ccc(CS(=O)(=O)Cc5ccccn5)cc4)ccc3O2)CC1. The van der Waals surface area contributed by atoms with E-state index in [2.05, 4.69) is 48.5 Å². The van der Waals surface area contributed by atoms with Gasteiger partial charge in [-0.3, -0.25) is 9.88 Å². The summed E-state index contributed by atoms with van der Waals surface area (Å²) in [5.74, 6) is 0.959. The Labute approximate surface area is 221 Å². The first-order valence-electron chi connectivity index (χ1n) is 13.1. The van der Waals surface area contributed by atoms with Crippen molar-refractivity contribution in [3.63, 3.8) is 0 Å². The maximum atomic E-state index is 12.6. The fourth-order valence-electron chi connectivity index (χ4n) is 5.48. The van der Waals surface area contributed by atoms with E-state index in [-0.39, 0.29) is 22.6 Å². The van der Waals surface area contributed by atoms with Crippen LogP contribution in [0.4, 0.5) is 0 Å². The number of hydrogen-bond acceptors (Lipinski definition) is 5. The molecule has 0 amide bonds. The number of sulfone groups is 1. The third-order valence-electron chi connectivity index (χ3n) is 7.99. The summed E-state index contributed by atoms with van der Waals surface area (Å²) >= 11 is 0. The number of hydrogen-bond donors (Lipinski definition) is 0. The van der Waals surface area contributed by atoms with Gasteiger partial charge in [-0.15, -0.1) is 6.58 Å². The number of piperidine rings is 1. The standard InChI is InChI=1S/C31H36N2O3S/c1-4-30(2,3)33-19-16-31(17-20-33)15-14-27-21-26(12-13-29(27)36-31)25-10-8-24(9-11-25)22-37(34,35)23-28-7-5-6-18-32-28/h4-13,18,21H,1,14-17,19-20,22-23H2,2-3H3. The fourth-order valence-corrected chi connectivity index (χ4v) is 6.90. The van der Waals surface area contributed by atoms with Gasteiger partial charge in [0.1, 0.15) is 11.4 Å². The van der Waals surface area contributed by atoms with Crippen LogP contribution in [-0.4, -0.2) is 42.5 Å². The molecule has 2 aromatic carbocycles. The topological polar surface area (TPSA) is 59.5 Å². The smallest absolute Gasteiger partial charge is 0.160 e. The van der Waals surface area contributed by atoms with Crippen LogP contribution in [0.25, 0.3) is 11.1 Å². The Hall–Kier alpha value is -2.96. The van der Waals surface area contributed by atoms with Crippen molar-refractivity contribution in [2.75, 3.05) is 13.1 Å². The molecule has 2 aliphatic heterocycles. The van der Waals surface area contributed by atoms with Crippen molar-refractivity contribution in [2.24, 2.45) is 0 Å². The second kappa shape index (κ2) is 10.1. The van der Waals surface area contributed by atoms with Gasteiger partial charge in [-0.1, -0.05) is 42.5 Å². The molecule has 0 unspecified atom stereocenters. The molecule has 0 radical (unpaired) electrons. The summed E-state index contributed by atoms with van der Waals surface area (Å²) in [6, 6.07) is 19.6. The highest BCUT2D eigenvalue weighted by Gasteiger charge is 2.41. The summed E-state index contributed by atoms with van der Waals surface area (Å²) < 4.78 is 31.9. The quantitative estimate of drug-likeness (QED) is 0.361. The van der Waals surface area contributed by atoms with Crippen molar-refractivity contribution in [2.45, 2.75) is 62.2 Å². The molecule has 5 nitrogen and oxygen atoms in total. The number of aromatic nitrogens is 1. The van der Waals surface area contributed by atoms with Crippen molar-refractivity contribution >= 4 is 9.84 Å². The Bertz CT molecular complexity index is 1360. The largest absolute Gasteiger partial charge is 0.487 e. The Kier molecular flexibility index (Phi) is 6.99. The zero-order valence-corrected chi connectivity index (χ0v) is 22.6. The van der Waals surface area contributed by atoms with Gasteiger partial charge in [0.15, 0.2) is 9.84 Å². The Morgan fingerprint density at radius 1 is 1.00 bits per heavy atom. The summed E-state index contributed by atoms with van der Waals surface area (Å²) in [7, 11) is -3.29. The van der Waals surface area contributed by atoms with Crippen LogP contribution < -0.4 is 4.74 Å². The Balaban J connectivity index is 1.24. The van der Waals surface area contributed by atoms with Crippen LogP contribution in [0.1, 0.15) is 49.9 Å². The molecule has 1 fully saturated rings. The third kappa shape index (κ3) is 5.81. The van der Waals surface area contributed by atoms with Gasteiger partial charge in [-0.2, -0.15) is 0 Å². The Morgan fingerprint density at radius 2 is 1.73 bits per heavy atom. The molecule has 37 heavy (non-hydrogen) atoms. The number of likely N-dealkylation sites (tertiary alicyclic amines) is 1. The van der Waals surface area contributed by atoms with E-state index in [0.29, 0.717) is 5.69 Å². The molecule has 1 aromatic heterocycles. The van der Waals surface area contributed by atoms with Gasteiger partial charge in [0.05, 0.1) is 17.2 Å². The van der Waals surface area contributed by atoms with Gasteiger partial charge < -0.3 is 4.74 Å². The molecule has 0 aliphatic carbocycles. The maximum Gasteiger partial charge on any atom is 0.160 e. The van der Waals surface area contributed by atoms with Crippen molar-refractivity contribution < 1.29 is 13.2 Å². The minimum absolute atomic E-state index is 0.00533. The highest BCUT2D eigenvalue weighted by atomic mass is 32.2. The number of pyridine rings is 1. The highest BCUT2D eigenvalue weighted by molar-refractivity contribution is 7.89. The van der Waals surface area contributed by atoms with Gasteiger partial charge >= 0.3 is 0 Å². The Morgan fingerprint density at radius 3 is 2.41 bits per heavy atom. The van der Waals surface area contributed by atoms with E-state index in [1.165, 1.54) is 5.56 Å². The summed E-state index contributed by atoms with van der Waals surface area (Å²) in [4.78, 5) is 6.64. The second-order valence-electron chi connectivity index (χ2n) is 11.0. The lowest BCUT2D eigenvalue weighted by molar-refractivity contribution is -0.0308. The van der Waals surface area contributed by atoms with Crippen molar-refractivity contribution in [1.29, 1.82) is 0 Å². The first-order chi connectivity index (χ1) is 17.7. The second-order valence-corrected chi connectivity index (χ2v) is 13.1. The van der Waals surface area contributed by atoms with Gasteiger partial charge in [0.25, 0.3) is 0 Å². The van der Waals surface area contributed by atoms with Crippen LogP contribution in [0.3, 0.4) is 0 Å². The minimum Gasteiger partial charge on any atom is -0.487 e. The summed E-state index contributed by atoms with van der Waals surface area (Å²) in [5, 5.41) is 0. The van der Waals surface area contributed by atoms with E-state index >= 15 is 0 Å². The van der Waals surface area contributed by atoms with E-state index in [1.54, 1.807) is 18.3 Å². The molecule has 3 aromatic rings. The summed E-state index contributed by atoms with van der Waals surface area (Å²) in [5.41, 5.74) is 4.76. The van der Waals surface area contributed by atoms with E-state index in [0.717, 1.165) is 61.2 Å². The first-order valence-corrected chi connectivity index (χ1v) is 14.9. The lowest BCUT2D eigenvalue weighted by Crippen LogP contribution is -2.54. The molecule has 0 N–H and O–H groups in total. The number of ether oxygens (including phenoxy) is 1. The normalized spacial score (nSPS) is 17.7. The highest BCUT2D eigenvalue weighted by Crippen LogP contribution is 2.41. The van der Waals surface area contributed by atoms with Gasteiger partial charge in [0, 0.05) is 24.8 Å². The van der Waals surface area contributed by atoms with Gasteiger partial charge in [-0.25, -0.2) is 8.42 Å². The van der Waals surface area contributed by atoms with Crippen LogP contribution in [0.2, 0.25) is 0 Å². The molecular weight excluding hydrogens is 480 g/mol. The summed E-state index contributed by atoms with van der Waals surface area (Å²) in [6.07, 6.45) is 7.79. The lowest BCUT2D eigenvalue weighted by atomic mass is 9.81. The predicted octanol–water partition coefficient (Wildman–Crippen LogP) is 5.99. The molecule has 194 valence electrons. The predicted molar refractivity (Wildman–Crippen MR) is 149 cm³/mol. The van der Waals surface area contributed by atoms with Crippen LogP contribution in [0.15, 0.2) is 79.5 Å². The molecular formula is C31H36N2O3S. The molecule has 2 aliphatic rings. The zero-order chi connectivity index (χ0) is 26.1. The lowest BCUT2D eigenvalue weighted by Gasteiger charge is -2.48. The number of benzene rings is 2. The van der Waals surface area contributed by atoms with E-state index in [1.807, 2.05) is 36.4 Å². The van der Waals surface area contributed by atoms with Gasteiger partial charge in [-0.05, 0) is 86.1 Å². The first kappa shape index (κ1) is 25.7. The molecule has 6 heteroatoms. The van der Waals surface area contributed by atoms with E-state index < -0.39 is 9.84 Å². The molecule has 0 saturated carbocycles. The number of fused-ring (bicyclic) bond motifs is 1. The van der Waals surface area contributed by atoms with Crippen LogP contribution in [-0.2, 0) is 27.8 Å². The average Bonchev–Trinajstić information content (AvgIpc) is 2.89. The van der Waals surface area contributed by atoms with Crippen molar-refractivity contribution in [3.8, 4) is 16.9 Å². The molecule has 1 spiro atoms. The van der Waals surface area contributed by atoms with Crippen molar-refractivity contribution in [1.82, 2.24) is 9.88 Å². The zero-order valence-electron chi connectivity index (χ0n) is 21.8. The third-order valence-corrected chi connectivity index (χ3v) is 9.50. The maximum absolute atomic E-state index is 12.6. The number of rotatable bonds is 7. The van der Waals surface area contributed by atoms with E-state index in [4.69, 9.17) is 4.74 Å². The van der Waals surface area contributed by atoms with Crippen LogP contribution in [0, 0.1) is 0 Å². The minimum atomic E-state index is -3.29. The molecule has 0 atom stereocenters. The van der Waals surface area contributed by atoms with Crippen molar-refractivity contribution in [3.05, 3.63) is 96.3 Å². The molecule has 5 rings (SSSR count). The number of nitrogens with zero attached hydrogens (tertiary/aromatic N) is 2. The molecule has 0 bridgehead atoms. The van der Waals surface area contributed by atoms with Crippen LogP contribution >= 0.6 is 0 Å².